The molecule has 0 heterocycles. The highest BCUT2D eigenvalue weighted by molar-refractivity contribution is 8.00. The molecule has 0 aromatic heterocycles. The molecule has 3 rings (SSSR count). The van der Waals surface area contributed by atoms with E-state index in [0.717, 1.165) is 4.90 Å². The van der Waals surface area contributed by atoms with Crippen LogP contribution in [0, 0.1) is 5.82 Å². The van der Waals surface area contributed by atoms with Crippen LogP contribution >= 0.6 is 11.8 Å². The minimum absolute atomic E-state index is 0.0327. The molecule has 0 spiro atoms. The van der Waals surface area contributed by atoms with Gasteiger partial charge in [0.05, 0.1) is 20.0 Å². The molecule has 3 aromatic rings. The number of rotatable bonds is 8. The van der Waals surface area contributed by atoms with E-state index in [1.807, 2.05) is 12.1 Å². The van der Waals surface area contributed by atoms with Crippen molar-refractivity contribution in [3.8, 4) is 11.5 Å². The van der Waals surface area contributed by atoms with Gasteiger partial charge in [0.15, 0.2) is 17.3 Å². The molecule has 3 aromatic carbocycles. The number of nitrogens with one attached hydrogen (secondary N) is 1. The molecule has 5 nitrogen and oxygen atoms in total. The minimum atomic E-state index is -0.393. The van der Waals surface area contributed by atoms with Gasteiger partial charge in [0.2, 0.25) is 0 Å². The fraction of sp³-hybridized carbons (Fsp3) is 0.130. The summed E-state index contributed by atoms with van der Waals surface area (Å²) in [6.45, 7) is 0. The van der Waals surface area contributed by atoms with Gasteiger partial charge in [-0.2, -0.15) is 0 Å². The summed E-state index contributed by atoms with van der Waals surface area (Å²) < 4.78 is 23.4. The average molecular weight is 425 g/mol. The molecule has 0 aliphatic rings. The van der Waals surface area contributed by atoms with Crippen LogP contribution < -0.4 is 14.8 Å². The fourth-order valence-corrected chi connectivity index (χ4v) is 3.47. The van der Waals surface area contributed by atoms with Gasteiger partial charge < -0.3 is 14.8 Å². The Hall–Kier alpha value is -3.32. The zero-order chi connectivity index (χ0) is 21.5. The molecule has 0 radical (unpaired) electrons. The first-order valence-corrected chi connectivity index (χ1v) is 10.0. The van der Waals surface area contributed by atoms with Gasteiger partial charge in [-0.15, -0.1) is 11.8 Å². The number of carbonyl (C=O) groups is 2. The highest BCUT2D eigenvalue weighted by atomic mass is 32.2. The third-order valence-corrected chi connectivity index (χ3v) is 5.31. The lowest BCUT2D eigenvalue weighted by Crippen LogP contribution is -2.11. The summed E-state index contributed by atoms with van der Waals surface area (Å²) in [5.41, 5.74) is 1.53. The summed E-state index contributed by atoms with van der Waals surface area (Å²) in [5.74, 6) is 0.593. The maximum atomic E-state index is 13.0. The van der Waals surface area contributed by atoms with Gasteiger partial charge in [0, 0.05) is 21.7 Å². The van der Waals surface area contributed by atoms with Crippen LogP contribution in [0.5, 0.6) is 11.5 Å². The molecule has 0 fully saturated rings. The van der Waals surface area contributed by atoms with E-state index in [2.05, 4.69) is 5.32 Å². The van der Waals surface area contributed by atoms with E-state index in [4.69, 9.17) is 9.47 Å². The van der Waals surface area contributed by atoms with Crippen LogP contribution in [0.15, 0.2) is 71.6 Å². The Balaban J connectivity index is 1.57. The standard InChI is InChI=1S/C23H20FNO4S/c1-28-21-12-5-16(13-22(21)29-2)20(26)14-30-19-10-8-18(9-11-19)25-23(27)15-3-6-17(24)7-4-15/h3-13H,14H2,1-2H3,(H,25,27). The van der Waals surface area contributed by atoms with Gasteiger partial charge in [-0.05, 0) is 66.7 Å². The first-order chi connectivity index (χ1) is 14.5. The van der Waals surface area contributed by atoms with Gasteiger partial charge in [0.1, 0.15) is 5.82 Å². The topological polar surface area (TPSA) is 64.6 Å². The number of hydrogen-bond acceptors (Lipinski definition) is 5. The Morgan fingerprint density at radius 2 is 1.50 bits per heavy atom. The second-order valence-electron chi connectivity index (χ2n) is 6.27. The lowest BCUT2D eigenvalue weighted by Gasteiger charge is -2.09. The van der Waals surface area contributed by atoms with Crippen molar-refractivity contribution in [3.05, 3.63) is 83.7 Å². The van der Waals surface area contributed by atoms with Crippen molar-refractivity contribution in [1.29, 1.82) is 0 Å². The number of methoxy groups -OCH3 is 2. The minimum Gasteiger partial charge on any atom is -0.493 e. The van der Waals surface area contributed by atoms with Crippen LogP contribution in [-0.2, 0) is 0 Å². The Morgan fingerprint density at radius 1 is 0.867 bits per heavy atom. The van der Waals surface area contributed by atoms with Crippen molar-refractivity contribution in [2.24, 2.45) is 0 Å². The molecule has 0 unspecified atom stereocenters. The number of benzene rings is 3. The largest absolute Gasteiger partial charge is 0.493 e. The summed E-state index contributed by atoms with van der Waals surface area (Å²) in [4.78, 5) is 25.5. The van der Waals surface area contributed by atoms with E-state index in [1.165, 1.54) is 43.1 Å². The van der Waals surface area contributed by atoms with Crippen LogP contribution in [0.1, 0.15) is 20.7 Å². The lowest BCUT2D eigenvalue weighted by atomic mass is 10.1. The molecule has 7 heteroatoms. The first-order valence-electron chi connectivity index (χ1n) is 9.05. The van der Waals surface area contributed by atoms with Gasteiger partial charge >= 0.3 is 0 Å². The van der Waals surface area contributed by atoms with E-state index >= 15 is 0 Å². The summed E-state index contributed by atoms with van der Waals surface area (Å²) in [6.07, 6.45) is 0. The molecule has 0 aliphatic carbocycles. The highest BCUT2D eigenvalue weighted by Gasteiger charge is 2.12. The van der Waals surface area contributed by atoms with Gasteiger partial charge in [-0.1, -0.05) is 0 Å². The Kier molecular flexibility index (Phi) is 7.08. The number of amides is 1. The number of ketones is 1. The second-order valence-corrected chi connectivity index (χ2v) is 7.32. The number of Topliss-reactive ketones (excluding diaryl/α,β-unsaturated/α-hetero) is 1. The number of carbonyl (C=O) groups excluding carboxylic acids is 2. The van der Waals surface area contributed by atoms with Crippen molar-refractivity contribution < 1.29 is 23.5 Å². The normalized spacial score (nSPS) is 10.4. The lowest BCUT2D eigenvalue weighted by molar-refractivity contribution is 0.101. The van der Waals surface area contributed by atoms with Crippen molar-refractivity contribution in [2.45, 2.75) is 4.90 Å². The van der Waals surface area contributed by atoms with Crippen LogP contribution in [0.3, 0.4) is 0 Å². The van der Waals surface area contributed by atoms with Crippen molar-refractivity contribution in [2.75, 3.05) is 25.3 Å². The number of thioether (sulfide) groups is 1. The molecule has 0 saturated carbocycles. The van der Waals surface area contributed by atoms with Crippen LogP contribution in [-0.4, -0.2) is 31.7 Å². The molecule has 1 N–H and O–H groups in total. The third kappa shape index (κ3) is 5.39. The van der Waals surface area contributed by atoms with E-state index in [-0.39, 0.29) is 17.4 Å². The monoisotopic (exact) mass is 425 g/mol. The second kappa shape index (κ2) is 9.93. The van der Waals surface area contributed by atoms with Crippen molar-refractivity contribution in [1.82, 2.24) is 0 Å². The molecular weight excluding hydrogens is 405 g/mol. The maximum Gasteiger partial charge on any atom is 0.255 e. The summed E-state index contributed by atoms with van der Waals surface area (Å²) in [7, 11) is 3.07. The predicted octanol–water partition coefficient (Wildman–Crippen LogP) is 5.07. The SMILES string of the molecule is COc1ccc(C(=O)CSc2ccc(NC(=O)c3ccc(F)cc3)cc2)cc1OC. The van der Waals surface area contributed by atoms with Crippen molar-refractivity contribution >= 4 is 29.1 Å². The number of ether oxygens (including phenoxy) is 2. The molecule has 30 heavy (non-hydrogen) atoms. The Bertz CT molecular complexity index is 1040. The van der Waals surface area contributed by atoms with E-state index < -0.39 is 5.82 Å². The van der Waals surface area contributed by atoms with E-state index in [9.17, 15) is 14.0 Å². The molecule has 154 valence electrons. The summed E-state index contributed by atoms with van der Waals surface area (Å²) in [6, 6.07) is 17.6. The average Bonchev–Trinajstić information content (AvgIpc) is 2.78. The zero-order valence-electron chi connectivity index (χ0n) is 16.5. The number of anilines is 1. The maximum absolute atomic E-state index is 13.0. The van der Waals surface area contributed by atoms with Gasteiger partial charge in [0.25, 0.3) is 5.91 Å². The molecule has 1 amide bonds. The smallest absolute Gasteiger partial charge is 0.255 e. The van der Waals surface area contributed by atoms with E-state index in [1.54, 1.807) is 37.4 Å². The van der Waals surface area contributed by atoms with Gasteiger partial charge in [-0.3, -0.25) is 9.59 Å². The molecule has 0 saturated heterocycles. The van der Waals surface area contributed by atoms with Crippen molar-refractivity contribution in [3.63, 3.8) is 0 Å². The number of hydrogen-bond donors (Lipinski definition) is 1. The number of halogens is 1. The molecule has 0 aliphatic heterocycles. The Labute approximate surface area is 178 Å². The molecule has 0 atom stereocenters. The molecular formula is C23H20FNO4S. The van der Waals surface area contributed by atoms with Crippen LogP contribution in [0.25, 0.3) is 0 Å². The van der Waals surface area contributed by atoms with Gasteiger partial charge in [-0.25, -0.2) is 4.39 Å². The Morgan fingerprint density at radius 3 is 2.13 bits per heavy atom. The van der Waals surface area contributed by atoms with Crippen LogP contribution in [0.4, 0.5) is 10.1 Å². The first kappa shape index (κ1) is 21.4. The highest BCUT2D eigenvalue weighted by Crippen LogP contribution is 2.29. The predicted molar refractivity (Wildman–Crippen MR) is 115 cm³/mol. The quantitative estimate of drug-likeness (QED) is 0.403. The third-order valence-electron chi connectivity index (χ3n) is 4.29. The summed E-state index contributed by atoms with van der Waals surface area (Å²) in [5, 5.41) is 2.76. The fourth-order valence-electron chi connectivity index (χ4n) is 2.68. The van der Waals surface area contributed by atoms with E-state index in [0.29, 0.717) is 28.3 Å². The van der Waals surface area contributed by atoms with Crippen LogP contribution in [0.2, 0.25) is 0 Å². The summed E-state index contributed by atoms with van der Waals surface area (Å²) >= 11 is 1.40. The molecule has 0 bridgehead atoms. The zero-order valence-corrected chi connectivity index (χ0v) is 17.3.